The van der Waals surface area contributed by atoms with Gasteiger partial charge in [0, 0.05) is 43.0 Å². The average Bonchev–Trinajstić information content (AvgIpc) is 2.69. The van der Waals surface area contributed by atoms with Crippen molar-refractivity contribution in [2.24, 2.45) is 5.92 Å². The first kappa shape index (κ1) is 20.2. The number of nitrogens with one attached hydrogen (secondary N) is 2. The van der Waals surface area contributed by atoms with Crippen LogP contribution in [0.1, 0.15) is 25.0 Å². The van der Waals surface area contributed by atoms with E-state index in [2.05, 4.69) is 15.6 Å². The van der Waals surface area contributed by atoms with Crippen molar-refractivity contribution >= 4 is 17.9 Å². The quantitative estimate of drug-likeness (QED) is 0.527. The van der Waals surface area contributed by atoms with Crippen molar-refractivity contribution in [3.05, 3.63) is 66.0 Å². The molecule has 2 aromatic rings. The minimum Gasteiger partial charge on any atom is -0.489 e. The third-order valence-electron chi connectivity index (χ3n) is 3.68. The minimum absolute atomic E-state index is 0.0226. The van der Waals surface area contributed by atoms with Crippen LogP contribution in [-0.2, 0) is 16.2 Å². The number of carbonyl (C=O) groups excluding carboxylic acids is 2. The van der Waals surface area contributed by atoms with Crippen LogP contribution in [-0.4, -0.2) is 29.9 Å². The zero-order valence-electron chi connectivity index (χ0n) is 15.6. The number of hydrogen-bond acceptors (Lipinski definition) is 4. The third-order valence-corrected chi connectivity index (χ3v) is 3.68. The predicted octanol–water partition coefficient (Wildman–Crippen LogP) is 2.56. The molecule has 1 aromatic heterocycles. The molecular formula is C21H25N3O3. The topological polar surface area (TPSA) is 80.3 Å². The largest absolute Gasteiger partial charge is 0.489 e. The van der Waals surface area contributed by atoms with Gasteiger partial charge in [-0.1, -0.05) is 32.0 Å². The van der Waals surface area contributed by atoms with E-state index in [9.17, 15) is 9.59 Å². The lowest BCUT2D eigenvalue weighted by Gasteiger charge is -2.07. The molecular weight excluding hydrogens is 342 g/mol. The molecule has 0 bridgehead atoms. The monoisotopic (exact) mass is 367 g/mol. The molecule has 0 saturated heterocycles. The van der Waals surface area contributed by atoms with E-state index in [1.807, 2.05) is 50.2 Å². The highest BCUT2D eigenvalue weighted by atomic mass is 16.5. The van der Waals surface area contributed by atoms with Crippen molar-refractivity contribution in [2.75, 3.05) is 13.1 Å². The third kappa shape index (κ3) is 7.73. The zero-order valence-corrected chi connectivity index (χ0v) is 15.6. The van der Waals surface area contributed by atoms with E-state index in [4.69, 9.17) is 4.74 Å². The van der Waals surface area contributed by atoms with Gasteiger partial charge in [-0.2, -0.15) is 0 Å². The summed E-state index contributed by atoms with van der Waals surface area (Å²) in [5.41, 5.74) is 1.90. The molecule has 142 valence electrons. The van der Waals surface area contributed by atoms with E-state index < -0.39 is 0 Å². The predicted molar refractivity (Wildman–Crippen MR) is 105 cm³/mol. The molecule has 2 amide bonds. The number of rotatable bonds is 9. The number of pyridine rings is 1. The molecule has 1 heterocycles. The van der Waals surface area contributed by atoms with E-state index in [1.165, 1.54) is 6.08 Å². The van der Waals surface area contributed by atoms with Crippen LogP contribution in [0.25, 0.3) is 6.08 Å². The molecule has 1 aromatic carbocycles. The number of nitrogens with zero attached hydrogens (tertiary/aromatic N) is 1. The summed E-state index contributed by atoms with van der Waals surface area (Å²) in [7, 11) is 0. The second-order valence-electron chi connectivity index (χ2n) is 6.29. The second kappa shape index (κ2) is 10.8. The van der Waals surface area contributed by atoms with Gasteiger partial charge < -0.3 is 15.4 Å². The second-order valence-corrected chi connectivity index (χ2v) is 6.29. The van der Waals surface area contributed by atoms with Gasteiger partial charge in [0.05, 0.1) is 0 Å². The van der Waals surface area contributed by atoms with Gasteiger partial charge in [-0.05, 0) is 29.8 Å². The Morgan fingerprint density at radius 2 is 1.85 bits per heavy atom. The lowest BCUT2D eigenvalue weighted by atomic mass is 10.2. The summed E-state index contributed by atoms with van der Waals surface area (Å²) in [5.74, 6) is 0.467. The van der Waals surface area contributed by atoms with Crippen LogP contribution in [0.3, 0.4) is 0 Å². The summed E-state index contributed by atoms with van der Waals surface area (Å²) in [6, 6.07) is 11.3. The maximum atomic E-state index is 11.8. The van der Waals surface area contributed by atoms with Gasteiger partial charge in [0.2, 0.25) is 11.8 Å². The van der Waals surface area contributed by atoms with Crippen molar-refractivity contribution in [1.82, 2.24) is 15.6 Å². The van der Waals surface area contributed by atoms with E-state index in [-0.39, 0.29) is 17.7 Å². The van der Waals surface area contributed by atoms with Crippen LogP contribution >= 0.6 is 0 Å². The molecule has 2 N–H and O–H groups in total. The van der Waals surface area contributed by atoms with Gasteiger partial charge in [0.25, 0.3) is 0 Å². The number of benzene rings is 1. The summed E-state index contributed by atoms with van der Waals surface area (Å²) >= 11 is 0. The summed E-state index contributed by atoms with van der Waals surface area (Å²) in [5, 5.41) is 5.47. The standard InChI is InChI=1S/C21H25N3O3/c1-16(2)21(26)24-13-12-23-20(25)10-7-17-5-8-19(9-6-17)27-15-18-4-3-11-22-14-18/h3-11,14,16H,12-13,15H2,1-2H3,(H,23,25)(H,24,26)/b10-7+. The van der Waals surface area contributed by atoms with E-state index >= 15 is 0 Å². The Balaban J connectivity index is 1.71. The number of hydrogen-bond donors (Lipinski definition) is 2. The maximum Gasteiger partial charge on any atom is 0.244 e. The molecule has 0 aliphatic carbocycles. The molecule has 0 saturated carbocycles. The summed E-state index contributed by atoms with van der Waals surface area (Å²) in [6.07, 6.45) is 6.69. The fraction of sp³-hybridized carbons (Fsp3) is 0.286. The van der Waals surface area contributed by atoms with Crippen LogP contribution in [0, 0.1) is 5.92 Å². The highest BCUT2D eigenvalue weighted by Gasteiger charge is 2.05. The van der Waals surface area contributed by atoms with Crippen molar-refractivity contribution in [1.29, 1.82) is 0 Å². The van der Waals surface area contributed by atoms with Gasteiger partial charge in [0.15, 0.2) is 0 Å². The Morgan fingerprint density at radius 1 is 1.11 bits per heavy atom. The summed E-state index contributed by atoms with van der Waals surface area (Å²) in [6.45, 7) is 4.92. The van der Waals surface area contributed by atoms with E-state index in [0.29, 0.717) is 19.7 Å². The van der Waals surface area contributed by atoms with Crippen molar-refractivity contribution in [3.8, 4) is 5.75 Å². The van der Waals surface area contributed by atoms with Crippen LogP contribution in [0.2, 0.25) is 0 Å². The Hall–Kier alpha value is -3.15. The SMILES string of the molecule is CC(C)C(=O)NCCNC(=O)/C=C/c1ccc(OCc2cccnc2)cc1. The fourth-order valence-electron chi connectivity index (χ4n) is 2.13. The normalized spacial score (nSPS) is 10.8. The number of amides is 2. The molecule has 2 rings (SSSR count). The number of ether oxygens (including phenoxy) is 1. The molecule has 6 heteroatoms. The molecule has 0 unspecified atom stereocenters. The van der Waals surface area contributed by atoms with E-state index in [1.54, 1.807) is 18.5 Å². The van der Waals surface area contributed by atoms with E-state index in [0.717, 1.165) is 16.9 Å². The minimum atomic E-state index is -0.203. The Kier molecular flexibility index (Phi) is 8.03. The summed E-state index contributed by atoms with van der Waals surface area (Å²) in [4.78, 5) is 27.2. The first-order chi connectivity index (χ1) is 13.0. The first-order valence-corrected chi connectivity index (χ1v) is 8.90. The maximum absolute atomic E-state index is 11.8. The van der Waals surface area contributed by atoms with Crippen LogP contribution in [0.5, 0.6) is 5.75 Å². The number of aromatic nitrogens is 1. The van der Waals surface area contributed by atoms with Gasteiger partial charge in [0.1, 0.15) is 12.4 Å². The molecule has 6 nitrogen and oxygen atoms in total. The van der Waals surface area contributed by atoms with Gasteiger partial charge in [-0.3, -0.25) is 14.6 Å². The number of carbonyl (C=O) groups is 2. The van der Waals surface area contributed by atoms with Crippen molar-refractivity contribution < 1.29 is 14.3 Å². The fourth-order valence-corrected chi connectivity index (χ4v) is 2.13. The van der Waals surface area contributed by atoms with Crippen molar-refractivity contribution in [2.45, 2.75) is 20.5 Å². The average molecular weight is 367 g/mol. The lowest BCUT2D eigenvalue weighted by Crippen LogP contribution is -2.35. The molecule has 0 spiro atoms. The molecule has 0 fully saturated rings. The Labute approximate surface area is 159 Å². The highest BCUT2D eigenvalue weighted by Crippen LogP contribution is 2.14. The van der Waals surface area contributed by atoms with Crippen molar-refractivity contribution in [3.63, 3.8) is 0 Å². The zero-order chi connectivity index (χ0) is 19.5. The van der Waals surface area contributed by atoms with Gasteiger partial charge >= 0.3 is 0 Å². The first-order valence-electron chi connectivity index (χ1n) is 8.90. The van der Waals surface area contributed by atoms with Crippen LogP contribution in [0.15, 0.2) is 54.9 Å². The highest BCUT2D eigenvalue weighted by molar-refractivity contribution is 5.91. The van der Waals surface area contributed by atoms with Gasteiger partial charge in [-0.15, -0.1) is 0 Å². The van der Waals surface area contributed by atoms with Crippen LogP contribution in [0.4, 0.5) is 0 Å². The molecule has 0 atom stereocenters. The molecule has 0 radical (unpaired) electrons. The Bertz CT molecular complexity index is 756. The lowest BCUT2D eigenvalue weighted by molar-refractivity contribution is -0.124. The smallest absolute Gasteiger partial charge is 0.244 e. The van der Waals surface area contributed by atoms with Gasteiger partial charge in [-0.25, -0.2) is 0 Å². The van der Waals surface area contributed by atoms with Crippen LogP contribution < -0.4 is 15.4 Å². The molecule has 0 aliphatic heterocycles. The summed E-state index contributed by atoms with van der Waals surface area (Å²) < 4.78 is 5.70. The molecule has 27 heavy (non-hydrogen) atoms. The molecule has 0 aliphatic rings. The Morgan fingerprint density at radius 3 is 2.52 bits per heavy atom.